The summed E-state index contributed by atoms with van der Waals surface area (Å²) in [5, 5.41) is 9.06. The fourth-order valence-electron chi connectivity index (χ4n) is 0.756. The molecule has 2 heteroatoms. The summed E-state index contributed by atoms with van der Waals surface area (Å²) in [6.45, 7) is 3.45. The molecule has 0 amide bonds. The van der Waals surface area contributed by atoms with Crippen LogP contribution in [0.15, 0.2) is 24.8 Å². The zero-order valence-corrected chi connectivity index (χ0v) is 6.52. The van der Waals surface area contributed by atoms with E-state index in [1.54, 1.807) is 18.2 Å². The van der Waals surface area contributed by atoms with Gasteiger partial charge in [0.1, 0.15) is 0 Å². The van der Waals surface area contributed by atoms with Crippen LogP contribution in [0, 0.1) is 17.4 Å². The molecule has 1 radical (unpaired) electrons. The van der Waals surface area contributed by atoms with Crippen molar-refractivity contribution in [1.29, 1.82) is 5.26 Å². The van der Waals surface area contributed by atoms with Crippen LogP contribution in [0.3, 0.4) is 0 Å². The molecule has 0 aliphatic rings. The molecule has 1 aromatic carbocycles. The predicted molar refractivity (Wildman–Crippen MR) is 44.1 cm³/mol. The van der Waals surface area contributed by atoms with Crippen molar-refractivity contribution in [3.63, 3.8) is 0 Å². The molecule has 0 bridgehead atoms. The molecule has 0 aliphatic carbocycles. The van der Waals surface area contributed by atoms with Crippen LogP contribution >= 0.6 is 11.6 Å². The Bertz CT molecular complexity index is 323. The van der Waals surface area contributed by atoms with Crippen molar-refractivity contribution in [2.45, 2.75) is 0 Å². The summed E-state index contributed by atoms with van der Waals surface area (Å²) in [5.41, 5.74) is 1.28. The molecule has 0 aliphatic heterocycles. The third-order valence-corrected chi connectivity index (χ3v) is 1.45. The molecule has 1 nitrogen and oxygen atoms in total. The summed E-state index contributed by atoms with van der Waals surface area (Å²) in [4.78, 5) is 0. The number of halogens is 1. The average Bonchev–Trinajstić information content (AvgIpc) is 2.03. The van der Waals surface area contributed by atoms with Crippen molar-refractivity contribution in [2.24, 2.45) is 0 Å². The summed E-state index contributed by atoms with van der Waals surface area (Å²) >= 11 is 5.69. The summed E-state index contributed by atoms with van der Waals surface area (Å²) in [6.07, 6.45) is 2.66. The van der Waals surface area contributed by atoms with Crippen molar-refractivity contribution < 1.29 is 0 Å². The quantitative estimate of drug-likeness (QED) is 0.623. The Labute approximate surface area is 70.5 Å². The van der Waals surface area contributed by atoms with E-state index in [2.05, 4.69) is 12.7 Å². The SMILES string of the molecule is C=[C]c1cc(Cl)cc(C#N)c1. The van der Waals surface area contributed by atoms with E-state index < -0.39 is 0 Å². The normalized spacial score (nSPS) is 8.73. The summed E-state index contributed by atoms with van der Waals surface area (Å²) in [5.74, 6) is 0. The largest absolute Gasteiger partial charge is 0.192 e. The molecule has 0 heterocycles. The van der Waals surface area contributed by atoms with Crippen LogP contribution in [0.2, 0.25) is 5.02 Å². The van der Waals surface area contributed by atoms with Gasteiger partial charge in [-0.1, -0.05) is 18.2 Å². The highest BCUT2D eigenvalue weighted by Crippen LogP contribution is 2.14. The van der Waals surface area contributed by atoms with Crippen molar-refractivity contribution in [3.8, 4) is 6.07 Å². The van der Waals surface area contributed by atoms with Crippen LogP contribution in [-0.2, 0) is 0 Å². The fraction of sp³-hybridized carbons (Fsp3) is 0. The van der Waals surface area contributed by atoms with Gasteiger partial charge < -0.3 is 0 Å². The van der Waals surface area contributed by atoms with Gasteiger partial charge in [0.15, 0.2) is 0 Å². The Morgan fingerprint density at radius 3 is 2.45 bits per heavy atom. The van der Waals surface area contributed by atoms with E-state index in [1.165, 1.54) is 0 Å². The molecule has 0 fully saturated rings. The van der Waals surface area contributed by atoms with E-state index in [-0.39, 0.29) is 0 Å². The molecule has 1 aromatic rings. The Hall–Kier alpha value is -1.26. The van der Waals surface area contributed by atoms with E-state index in [0.29, 0.717) is 10.6 Å². The van der Waals surface area contributed by atoms with E-state index in [4.69, 9.17) is 16.9 Å². The molecule has 0 unspecified atom stereocenters. The minimum atomic E-state index is 0.531. The highest BCUT2D eigenvalue weighted by Gasteiger charge is 1.95. The molecular formula is C9H5ClN. The van der Waals surface area contributed by atoms with Crippen LogP contribution < -0.4 is 0 Å². The standard InChI is InChI=1S/C9H5ClN/c1-2-7-3-8(6-11)5-9(10)4-7/h3-5H,1H2. The van der Waals surface area contributed by atoms with Crippen molar-refractivity contribution in [2.75, 3.05) is 0 Å². The van der Waals surface area contributed by atoms with E-state index >= 15 is 0 Å². The Kier molecular flexibility index (Phi) is 2.30. The van der Waals surface area contributed by atoms with Crippen LogP contribution in [0.4, 0.5) is 0 Å². The number of hydrogen-bond acceptors (Lipinski definition) is 1. The van der Waals surface area contributed by atoms with Gasteiger partial charge in [0.25, 0.3) is 0 Å². The lowest BCUT2D eigenvalue weighted by Crippen LogP contribution is -1.78. The number of nitriles is 1. The number of nitrogens with zero attached hydrogens (tertiary/aromatic N) is 1. The molecular weight excluding hydrogens is 158 g/mol. The fourth-order valence-corrected chi connectivity index (χ4v) is 0.991. The maximum Gasteiger partial charge on any atom is 0.0992 e. The zero-order chi connectivity index (χ0) is 8.27. The second-order valence-electron chi connectivity index (χ2n) is 2.02. The molecule has 0 saturated carbocycles. The van der Waals surface area contributed by atoms with Gasteiger partial charge in [-0.2, -0.15) is 5.26 Å². The van der Waals surface area contributed by atoms with Crippen LogP contribution in [-0.4, -0.2) is 0 Å². The number of hydrogen-bond donors (Lipinski definition) is 0. The Morgan fingerprint density at radius 1 is 1.27 bits per heavy atom. The first-order chi connectivity index (χ1) is 5.26. The molecule has 0 N–H and O–H groups in total. The van der Waals surface area contributed by atoms with Gasteiger partial charge in [-0.25, -0.2) is 0 Å². The Balaban J connectivity index is 3.25. The highest BCUT2D eigenvalue weighted by molar-refractivity contribution is 6.30. The maximum absolute atomic E-state index is 8.53. The predicted octanol–water partition coefficient (Wildman–Crippen LogP) is 2.55. The summed E-state index contributed by atoms with van der Waals surface area (Å²) < 4.78 is 0. The maximum atomic E-state index is 8.53. The third kappa shape index (κ3) is 1.83. The molecule has 0 spiro atoms. The van der Waals surface area contributed by atoms with Crippen LogP contribution in [0.25, 0.3) is 0 Å². The van der Waals surface area contributed by atoms with Gasteiger partial charge in [0, 0.05) is 5.02 Å². The molecule has 1 rings (SSSR count). The monoisotopic (exact) mass is 162 g/mol. The van der Waals surface area contributed by atoms with Gasteiger partial charge >= 0.3 is 0 Å². The van der Waals surface area contributed by atoms with Crippen LogP contribution in [0.1, 0.15) is 11.1 Å². The summed E-state index contributed by atoms with van der Waals surface area (Å²) in [6, 6.07) is 6.97. The van der Waals surface area contributed by atoms with Gasteiger partial charge in [-0.15, -0.1) is 0 Å². The zero-order valence-electron chi connectivity index (χ0n) is 5.76. The minimum absolute atomic E-state index is 0.531. The van der Waals surface area contributed by atoms with Crippen molar-refractivity contribution in [3.05, 3.63) is 47.0 Å². The lowest BCUT2D eigenvalue weighted by atomic mass is 10.1. The molecule has 0 atom stereocenters. The first-order valence-corrected chi connectivity index (χ1v) is 3.38. The van der Waals surface area contributed by atoms with E-state index in [0.717, 1.165) is 5.56 Å². The molecule has 53 valence electrons. The average molecular weight is 163 g/mol. The lowest BCUT2D eigenvalue weighted by Gasteiger charge is -1.94. The molecule has 0 aromatic heterocycles. The highest BCUT2D eigenvalue weighted by atomic mass is 35.5. The Morgan fingerprint density at radius 2 is 1.91 bits per heavy atom. The second kappa shape index (κ2) is 3.23. The molecule has 0 saturated heterocycles. The van der Waals surface area contributed by atoms with Gasteiger partial charge in [-0.3, -0.25) is 0 Å². The van der Waals surface area contributed by atoms with Crippen molar-refractivity contribution in [1.82, 2.24) is 0 Å². The number of benzene rings is 1. The van der Waals surface area contributed by atoms with E-state index in [9.17, 15) is 0 Å². The van der Waals surface area contributed by atoms with Crippen molar-refractivity contribution >= 4 is 11.6 Å². The van der Waals surface area contributed by atoms with Gasteiger partial charge in [0.2, 0.25) is 0 Å². The summed E-state index contributed by atoms with van der Waals surface area (Å²) in [7, 11) is 0. The van der Waals surface area contributed by atoms with Crippen LogP contribution in [0.5, 0.6) is 0 Å². The topological polar surface area (TPSA) is 23.8 Å². The number of rotatable bonds is 1. The minimum Gasteiger partial charge on any atom is -0.192 e. The molecule has 11 heavy (non-hydrogen) atoms. The second-order valence-corrected chi connectivity index (χ2v) is 2.45. The first kappa shape index (κ1) is 7.84. The first-order valence-electron chi connectivity index (χ1n) is 3.00. The third-order valence-electron chi connectivity index (χ3n) is 1.23. The van der Waals surface area contributed by atoms with Gasteiger partial charge in [-0.05, 0) is 29.8 Å². The smallest absolute Gasteiger partial charge is 0.0992 e. The lowest BCUT2D eigenvalue weighted by molar-refractivity contribution is 1.46. The van der Waals surface area contributed by atoms with E-state index in [1.807, 2.05) is 6.07 Å². The van der Waals surface area contributed by atoms with Gasteiger partial charge in [0.05, 0.1) is 11.6 Å².